The Morgan fingerprint density at radius 1 is 1.10 bits per heavy atom. The van der Waals surface area contributed by atoms with Crippen LogP contribution < -0.4 is 15.2 Å². The van der Waals surface area contributed by atoms with Gasteiger partial charge in [0, 0.05) is 6.07 Å². The maximum Gasteiger partial charge on any atom is 0.262 e. The van der Waals surface area contributed by atoms with Crippen LogP contribution >= 0.6 is 0 Å². The average molecular weight is 306 g/mol. The van der Waals surface area contributed by atoms with Gasteiger partial charge in [0.25, 0.3) is 10.0 Å². The van der Waals surface area contributed by atoms with Gasteiger partial charge >= 0.3 is 0 Å². The molecule has 2 aromatic rings. The molecule has 0 radical (unpaired) electrons. The molecule has 0 saturated heterocycles. The van der Waals surface area contributed by atoms with E-state index in [1.807, 2.05) is 32.0 Å². The van der Waals surface area contributed by atoms with Crippen LogP contribution in [0.5, 0.6) is 5.75 Å². The van der Waals surface area contributed by atoms with Crippen molar-refractivity contribution < 1.29 is 13.2 Å². The van der Waals surface area contributed by atoms with Crippen molar-refractivity contribution in [3.63, 3.8) is 0 Å². The van der Waals surface area contributed by atoms with Gasteiger partial charge < -0.3 is 10.5 Å². The number of anilines is 2. The smallest absolute Gasteiger partial charge is 0.262 e. The van der Waals surface area contributed by atoms with Gasteiger partial charge in [0.2, 0.25) is 0 Å². The van der Waals surface area contributed by atoms with Crippen molar-refractivity contribution >= 4 is 21.4 Å². The summed E-state index contributed by atoms with van der Waals surface area (Å²) < 4.78 is 32.6. The Morgan fingerprint density at radius 2 is 1.71 bits per heavy atom. The molecule has 0 fully saturated rings. The van der Waals surface area contributed by atoms with E-state index < -0.39 is 10.0 Å². The molecule has 0 spiro atoms. The number of hydrogen-bond donors (Lipinski definition) is 2. The van der Waals surface area contributed by atoms with Crippen LogP contribution in [0.1, 0.15) is 11.1 Å². The molecule has 0 aromatic heterocycles. The van der Waals surface area contributed by atoms with Gasteiger partial charge in [-0.15, -0.1) is 0 Å². The Labute approximate surface area is 124 Å². The molecule has 0 heterocycles. The Balaban J connectivity index is 2.44. The van der Waals surface area contributed by atoms with Crippen molar-refractivity contribution in [3.05, 3.63) is 47.5 Å². The lowest BCUT2D eigenvalue weighted by Gasteiger charge is -2.14. The van der Waals surface area contributed by atoms with E-state index >= 15 is 0 Å². The van der Waals surface area contributed by atoms with Crippen molar-refractivity contribution in [2.45, 2.75) is 18.7 Å². The molecular weight excluding hydrogens is 288 g/mol. The molecule has 6 heteroatoms. The quantitative estimate of drug-likeness (QED) is 0.851. The molecule has 0 aliphatic rings. The van der Waals surface area contributed by atoms with Crippen molar-refractivity contribution in [2.75, 3.05) is 17.6 Å². The van der Waals surface area contributed by atoms with Gasteiger partial charge in [-0.05, 0) is 37.1 Å². The SMILES string of the molecule is COc1cc(S(=O)(=O)Nc2c(C)cccc2C)ccc1N. The van der Waals surface area contributed by atoms with Crippen molar-refractivity contribution in [2.24, 2.45) is 0 Å². The van der Waals surface area contributed by atoms with Crippen LogP contribution in [-0.2, 0) is 10.0 Å². The van der Waals surface area contributed by atoms with Gasteiger partial charge in [-0.25, -0.2) is 8.42 Å². The Bertz CT molecular complexity index is 750. The van der Waals surface area contributed by atoms with Crippen molar-refractivity contribution in [3.8, 4) is 5.75 Å². The minimum Gasteiger partial charge on any atom is -0.495 e. The molecule has 2 aromatic carbocycles. The minimum atomic E-state index is -3.69. The maximum atomic E-state index is 12.5. The molecule has 5 nitrogen and oxygen atoms in total. The molecule has 0 saturated carbocycles. The zero-order valence-corrected chi connectivity index (χ0v) is 13.0. The molecule has 0 amide bonds. The Hall–Kier alpha value is -2.21. The lowest BCUT2D eigenvalue weighted by molar-refractivity contribution is 0.415. The van der Waals surface area contributed by atoms with E-state index in [0.717, 1.165) is 11.1 Å². The highest BCUT2D eigenvalue weighted by Gasteiger charge is 2.18. The first-order chi connectivity index (χ1) is 9.85. The molecule has 112 valence electrons. The normalized spacial score (nSPS) is 11.2. The summed E-state index contributed by atoms with van der Waals surface area (Å²) in [5, 5.41) is 0. The minimum absolute atomic E-state index is 0.108. The maximum absolute atomic E-state index is 12.5. The van der Waals surface area contributed by atoms with Crippen LogP contribution in [0.2, 0.25) is 0 Å². The Morgan fingerprint density at radius 3 is 2.29 bits per heavy atom. The first kappa shape index (κ1) is 15.2. The van der Waals surface area contributed by atoms with Crippen LogP contribution in [0.15, 0.2) is 41.3 Å². The lowest BCUT2D eigenvalue weighted by Crippen LogP contribution is -2.15. The highest BCUT2D eigenvalue weighted by molar-refractivity contribution is 7.92. The van der Waals surface area contributed by atoms with Gasteiger partial charge in [-0.3, -0.25) is 4.72 Å². The van der Waals surface area contributed by atoms with Gasteiger partial charge in [-0.1, -0.05) is 18.2 Å². The highest BCUT2D eigenvalue weighted by Crippen LogP contribution is 2.27. The second-order valence-corrected chi connectivity index (χ2v) is 6.46. The number of methoxy groups -OCH3 is 1. The average Bonchev–Trinajstić information content (AvgIpc) is 2.43. The summed E-state index contributed by atoms with van der Waals surface area (Å²) in [7, 11) is -2.25. The summed E-state index contributed by atoms with van der Waals surface area (Å²) >= 11 is 0. The lowest BCUT2D eigenvalue weighted by atomic mass is 10.1. The molecule has 0 unspecified atom stereocenters. The van der Waals surface area contributed by atoms with Crippen LogP contribution in [0, 0.1) is 13.8 Å². The number of nitrogen functional groups attached to an aromatic ring is 1. The molecule has 0 aliphatic carbocycles. The largest absolute Gasteiger partial charge is 0.495 e. The molecular formula is C15H18N2O3S. The first-order valence-corrected chi connectivity index (χ1v) is 7.86. The third kappa shape index (κ3) is 3.11. The number of aryl methyl sites for hydroxylation is 2. The fourth-order valence-corrected chi connectivity index (χ4v) is 3.25. The van der Waals surface area contributed by atoms with Crippen LogP contribution in [0.4, 0.5) is 11.4 Å². The number of rotatable bonds is 4. The molecule has 3 N–H and O–H groups in total. The first-order valence-electron chi connectivity index (χ1n) is 6.37. The predicted molar refractivity (Wildman–Crippen MR) is 84.1 cm³/mol. The summed E-state index contributed by atoms with van der Waals surface area (Å²) in [4.78, 5) is 0.108. The number of para-hydroxylation sites is 1. The number of nitrogens with one attached hydrogen (secondary N) is 1. The Kier molecular flexibility index (Phi) is 4.09. The zero-order chi connectivity index (χ0) is 15.6. The van der Waals surface area contributed by atoms with E-state index in [1.54, 1.807) is 0 Å². The standard InChI is InChI=1S/C15H18N2O3S/c1-10-5-4-6-11(2)15(10)17-21(18,19)12-7-8-13(16)14(9-12)20-3/h4-9,17H,16H2,1-3H3. The number of nitrogens with two attached hydrogens (primary N) is 1. The fraction of sp³-hybridized carbons (Fsp3) is 0.200. The van der Waals surface area contributed by atoms with Gasteiger partial charge in [0.05, 0.1) is 23.4 Å². The van der Waals surface area contributed by atoms with Crippen LogP contribution in [0.25, 0.3) is 0 Å². The predicted octanol–water partition coefficient (Wildman–Crippen LogP) is 2.70. The van der Waals surface area contributed by atoms with Gasteiger partial charge in [-0.2, -0.15) is 0 Å². The van der Waals surface area contributed by atoms with Crippen LogP contribution in [0.3, 0.4) is 0 Å². The number of hydrogen-bond acceptors (Lipinski definition) is 4. The highest BCUT2D eigenvalue weighted by atomic mass is 32.2. The number of sulfonamides is 1. The summed E-state index contributed by atoms with van der Waals surface area (Å²) in [5.41, 5.74) is 8.41. The summed E-state index contributed by atoms with van der Waals surface area (Å²) in [6.07, 6.45) is 0. The molecule has 2 rings (SSSR count). The summed E-state index contributed by atoms with van der Waals surface area (Å²) in [6.45, 7) is 3.71. The van der Waals surface area contributed by atoms with E-state index in [0.29, 0.717) is 17.1 Å². The second kappa shape index (κ2) is 5.65. The third-order valence-corrected chi connectivity index (χ3v) is 4.58. The molecule has 0 aliphatic heterocycles. The molecule has 0 bridgehead atoms. The topological polar surface area (TPSA) is 81.4 Å². The van der Waals surface area contributed by atoms with E-state index in [1.165, 1.54) is 25.3 Å². The molecule has 21 heavy (non-hydrogen) atoms. The van der Waals surface area contributed by atoms with Crippen molar-refractivity contribution in [1.29, 1.82) is 0 Å². The van der Waals surface area contributed by atoms with Crippen molar-refractivity contribution in [1.82, 2.24) is 0 Å². The zero-order valence-electron chi connectivity index (χ0n) is 12.2. The fourth-order valence-electron chi connectivity index (χ4n) is 2.03. The number of benzene rings is 2. The number of ether oxygens (including phenoxy) is 1. The second-order valence-electron chi connectivity index (χ2n) is 4.78. The summed E-state index contributed by atoms with van der Waals surface area (Å²) in [6, 6.07) is 9.97. The third-order valence-electron chi connectivity index (χ3n) is 3.23. The molecule has 0 atom stereocenters. The van der Waals surface area contributed by atoms with E-state index in [-0.39, 0.29) is 4.90 Å². The van der Waals surface area contributed by atoms with E-state index in [9.17, 15) is 8.42 Å². The monoisotopic (exact) mass is 306 g/mol. The van der Waals surface area contributed by atoms with E-state index in [2.05, 4.69) is 4.72 Å². The van der Waals surface area contributed by atoms with Gasteiger partial charge in [0.1, 0.15) is 5.75 Å². The van der Waals surface area contributed by atoms with E-state index in [4.69, 9.17) is 10.5 Å². The van der Waals surface area contributed by atoms with Crippen LogP contribution in [-0.4, -0.2) is 15.5 Å². The van der Waals surface area contributed by atoms with Gasteiger partial charge in [0.15, 0.2) is 0 Å². The summed E-state index contributed by atoms with van der Waals surface area (Å²) in [5.74, 6) is 0.333.